The standard InChI is InChI=1S/C44H48N4O8/c1-4-6-20-38(48-44(54)56-26-37-35-18-11-9-16-33(35)34-17-10-12-19-36(34)37)43(53)55-27-39(42(52)46-32-22-21-29-14-7-8-15-30(29)23-32)47-41(51)31(13-5-2)24-40(50)45-28(3)25-49/h4-5,7-12,14-19,21-23,28,31,37-39,49H,1-2,6,13,20,24-27H2,3H3,(H,45,50)(H,46,52)(H,47,51)(H,48,54)/t28-,31-,38+,39+/m1/s1. The van der Waals surface area contributed by atoms with Gasteiger partial charge in [0.2, 0.25) is 11.8 Å². The number of fused-ring (bicyclic) bond motifs is 4. The fourth-order valence-corrected chi connectivity index (χ4v) is 6.64. The second-order valence-corrected chi connectivity index (χ2v) is 13.7. The lowest BCUT2D eigenvalue weighted by atomic mass is 9.98. The van der Waals surface area contributed by atoms with Gasteiger partial charge < -0.3 is 35.8 Å². The highest BCUT2D eigenvalue weighted by atomic mass is 16.6. The topological polar surface area (TPSA) is 172 Å². The van der Waals surface area contributed by atoms with Gasteiger partial charge in [0.25, 0.3) is 5.91 Å². The van der Waals surface area contributed by atoms with Crippen LogP contribution in [-0.2, 0) is 28.7 Å². The molecule has 0 aliphatic heterocycles. The van der Waals surface area contributed by atoms with Crippen molar-refractivity contribution in [2.75, 3.05) is 25.1 Å². The Morgan fingerprint density at radius 3 is 2.09 bits per heavy atom. The number of alkyl carbamates (subject to hydrolysis) is 1. The quantitative estimate of drug-likeness (QED) is 0.0593. The molecule has 4 amide bonds. The zero-order valence-electron chi connectivity index (χ0n) is 31.4. The number of anilines is 1. The molecule has 0 radical (unpaired) electrons. The van der Waals surface area contributed by atoms with Gasteiger partial charge in [0.1, 0.15) is 25.3 Å². The zero-order chi connectivity index (χ0) is 40.0. The lowest BCUT2D eigenvalue weighted by Crippen LogP contribution is -2.51. The minimum Gasteiger partial charge on any atom is -0.461 e. The van der Waals surface area contributed by atoms with E-state index in [1.54, 1.807) is 25.1 Å². The van der Waals surface area contributed by atoms with E-state index in [0.717, 1.165) is 33.0 Å². The van der Waals surface area contributed by atoms with E-state index in [-0.39, 0.29) is 38.4 Å². The fourth-order valence-electron chi connectivity index (χ4n) is 6.64. The summed E-state index contributed by atoms with van der Waals surface area (Å²) >= 11 is 0. The fraction of sp³-hybridized carbons (Fsp3) is 0.295. The number of benzene rings is 4. The Hall–Kier alpha value is -6.27. The van der Waals surface area contributed by atoms with Crippen molar-refractivity contribution in [3.8, 4) is 11.1 Å². The van der Waals surface area contributed by atoms with Crippen LogP contribution < -0.4 is 21.3 Å². The number of nitrogens with one attached hydrogen (secondary N) is 4. The smallest absolute Gasteiger partial charge is 0.407 e. The summed E-state index contributed by atoms with van der Waals surface area (Å²) in [6.45, 7) is 8.20. The van der Waals surface area contributed by atoms with Crippen molar-refractivity contribution in [3.05, 3.63) is 127 Å². The molecule has 5 N–H and O–H groups in total. The van der Waals surface area contributed by atoms with Gasteiger partial charge in [-0.2, -0.15) is 0 Å². The van der Waals surface area contributed by atoms with E-state index in [1.807, 2.05) is 78.9 Å². The first-order chi connectivity index (χ1) is 27.1. The van der Waals surface area contributed by atoms with Gasteiger partial charge in [0, 0.05) is 24.1 Å². The third kappa shape index (κ3) is 10.7. The number of aliphatic hydroxyl groups is 1. The second-order valence-electron chi connectivity index (χ2n) is 13.7. The van der Waals surface area contributed by atoms with E-state index in [9.17, 15) is 29.1 Å². The molecule has 292 valence electrons. The van der Waals surface area contributed by atoms with Gasteiger partial charge in [0.15, 0.2) is 0 Å². The molecule has 12 nitrogen and oxygen atoms in total. The number of hydrogen-bond donors (Lipinski definition) is 5. The Bertz CT molecular complexity index is 2020. The Morgan fingerprint density at radius 2 is 1.43 bits per heavy atom. The number of carbonyl (C=O) groups excluding carboxylic acids is 5. The number of rotatable bonds is 19. The van der Waals surface area contributed by atoms with Crippen LogP contribution >= 0.6 is 0 Å². The highest BCUT2D eigenvalue weighted by Crippen LogP contribution is 2.44. The zero-order valence-corrected chi connectivity index (χ0v) is 31.4. The number of esters is 1. The molecule has 0 saturated carbocycles. The molecular weight excluding hydrogens is 713 g/mol. The second kappa shape index (κ2) is 19.9. The third-order valence-electron chi connectivity index (χ3n) is 9.56. The summed E-state index contributed by atoms with van der Waals surface area (Å²) in [6.07, 6.45) is 2.61. The molecule has 4 atom stereocenters. The first-order valence-electron chi connectivity index (χ1n) is 18.6. The van der Waals surface area contributed by atoms with E-state index in [4.69, 9.17) is 9.47 Å². The minimum absolute atomic E-state index is 0.0367. The molecule has 1 aliphatic rings. The molecule has 0 fully saturated rings. The summed E-state index contributed by atoms with van der Waals surface area (Å²) in [7, 11) is 0. The van der Waals surface area contributed by atoms with Crippen LogP contribution in [0.2, 0.25) is 0 Å². The molecule has 0 bridgehead atoms. The minimum atomic E-state index is -1.39. The van der Waals surface area contributed by atoms with E-state index in [0.29, 0.717) is 12.1 Å². The van der Waals surface area contributed by atoms with Gasteiger partial charge in [0.05, 0.1) is 12.5 Å². The summed E-state index contributed by atoms with van der Waals surface area (Å²) in [5.41, 5.74) is 4.67. The normalized spacial score (nSPS) is 13.8. The van der Waals surface area contributed by atoms with Gasteiger partial charge in [-0.15, -0.1) is 13.2 Å². The Kier molecular flexibility index (Phi) is 14.5. The molecular formula is C44H48N4O8. The van der Waals surface area contributed by atoms with Crippen molar-refractivity contribution in [2.45, 2.75) is 56.7 Å². The van der Waals surface area contributed by atoms with Gasteiger partial charge in [-0.05, 0) is 71.3 Å². The first-order valence-corrected chi connectivity index (χ1v) is 18.6. The maximum atomic E-state index is 13.7. The predicted molar refractivity (Wildman–Crippen MR) is 215 cm³/mol. The summed E-state index contributed by atoms with van der Waals surface area (Å²) in [5, 5.41) is 21.8. The first kappa shape index (κ1) is 40.9. The van der Waals surface area contributed by atoms with E-state index < -0.39 is 60.4 Å². The maximum Gasteiger partial charge on any atom is 0.407 e. The summed E-state index contributed by atoms with van der Waals surface area (Å²) in [6, 6.07) is 25.7. The molecule has 0 spiro atoms. The molecule has 0 aromatic heterocycles. The van der Waals surface area contributed by atoms with Gasteiger partial charge in [-0.3, -0.25) is 14.4 Å². The van der Waals surface area contributed by atoms with E-state index >= 15 is 0 Å². The predicted octanol–water partition coefficient (Wildman–Crippen LogP) is 5.76. The van der Waals surface area contributed by atoms with Gasteiger partial charge in [-0.1, -0.05) is 91.0 Å². The molecule has 1 aliphatic carbocycles. The van der Waals surface area contributed by atoms with Crippen LogP contribution in [0.25, 0.3) is 21.9 Å². The maximum absolute atomic E-state index is 13.7. The highest BCUT2D eigenvalue weighted by Gasteiger charge is 2.32. The number of amides is 4. The van der Waals surface area contributed by atoms with Crippen molar-refractivity contribution in [2.24, 2.45) is 5.92 Å². The van der Waals surface area contributed by atoms with E-state index in [2.05, 4.69) is 34.4 Å². The van der Waals surface area contributed by atoms with Crippen LogP contribution in [0, 0.1) is 5.92 Å². The Labute approximate surface area is 326 Å². The number of allylic oxidation sites excluding steroid dienone is 2. The molecule has 4 aromatic carbocycles. The average Bonchev–Trinajstić information content (AvgIpc) is 3.52. The molecule has 56 heavy (non-hydrogen) atoms. The molecule has 0 unspecified atom stereocenters. The van der Waals surface area contributed by atoms with Crippen molar-refractivity contribution in [1.29, 1.82) is 0 Å². The molecule has 4 aromatic rings. The van der Waals surface area contributed by atoms with Crippen molar-refractivity contribution in [3.63, 3.8) is 0 Å². The van der Waals surface area contributed by atoms with Gasteiger partial charge >= 0.3 is 12.1 Å². The van der Waals surface area contributed by atoms with Crippen LogP contribution in [0.1, 0.15) is 49.7 Å². The molecule has 0 saturated heterocycles. The van der Waals surface area contributed by atoms with Crippen LogP contribution in [0.5, 0.6) is 0 Å². The monoisotopic (exact) mass is 760 g/mol. The Morgan fingerprint density at radius 1 is 0.768 bits per heavy atom. The van der Waals surface area contributed by atoms with Crippen LogP contribution in [-0.4, -0.2) is 72.8 Å². The lowest BCUT2D eigenvalue weighted by molar-refractivity contribution is -0.148. The van der Waals surface area contributed by atoms with Gasteiger partial charge in [-0.25, -0.2) is 9.59 Å². The van der Waals surface area contributed by atoms with Crippen molar-refractivity contribution in [1.82, 2.24) is 16.0 Å². The van der Waals surface area contributed by atoms with Crippen molar-refractivity contribution < 1.29 is 38.6 Å². The van der Waals surface area contributed by atoms with Crippen molar-refractivity contribution >= 4 is 46.2 Å². The summed E-state index contributed by atoms with van der Waals surface area (Å²) < 4.78 is 11.3. The third-order valence-corrected chi connectivity index (χ3v) is 9.56. The lowest BCUT2D eigenvalue weighted by Gasteiger charge is -2.23. The van der Waals surface area contributed by atoms with Crippen LogP contribution in [0.15, 0.2) is 116 Å². The molecule has 12 heteroatoms. The number of carbonyl (C=O) groups is 5. The van der Waals surface area contributed by atoms with E-state index in [1.165, 1.54) is 6.08 Å². The van der Waals surface area contributed by atoms with Crippen LogP contribution in [0.3, 0.4) is 0 Å². The average molecular weight is 761 g/mol. The van der Waals surface area contributed by atoms with Crippen LogP contribution in [0.4, 0.5) is 10.5 Å². The SMILES string of the molecule is C=CCC[C@H](NC(=O)OCC1c2ccccc2-c2ccccc21)C(=O)OC[C@H](NC(=O)[C@H](CC=C)CC(=O)N[C@H](C)CO)C(=O)Nc1ccc2ccccc2c1. The summed E-state index contributed by atoms with van der Waals surface area (Å²) in [4.78, 5) is 66.6. The summed E-state index contributed by atoms with van der Waals surface area (Å²) in [5.74, 6) is -3.75. The number of ether oxygens (including phenoxy) is 2. The Balaban J connectivity index is 1.27. The molecule has 0 heterocycles. The highest BCUT2D eigenvalue weighted by molar-refractivity contribution is 6.00. The number of hydrogen-bond acceptors (Lipinski definition) is 8. The largest absolute Gasteiger partial charge is 0.461 e. The number of aliphatic hydroxyl groups excluding tert-OH is 1. The molecule has 5 rings (SSSR count).